The van der Waals surface area contributed by atoms with Gasteiger partial charge in [-0.3, -0.25) is 0 Å². The van der Waals surface area contributed by atoms with E-state index in [1.165, 1.54) is 12.1 Å². The maximum Gasteiger partial charge on any atom is 0.149 e. The molecule has 0 bridgehead atoms. The van der Waals surface area contributed by atoms with Gasteiger partial charge in [-0.25, -0.2) is 13.8 Å². The van der Waals surface area contributed by atoms with E-state index in [-0.39, 0.29) is 18.1 Å². The summed E-state index contributed by atoms with van der Waals surface area (Å²) in [7, 11) is 0. The van der Waals surface area contributed by atoms with Crippen LogP contribution in [-0.2, 0) is 6.61 Å². The second-order valence-electron chi connectivity index (χ2n) is 3.53. The molecule has 0 radical (unpaired) electrons. The summed E-state index contributed by atoms with van der Waals surface area (Å²) in [6.07, 6.45) is 0. The first-order chi connectivity index (χ1) is 8.61. The Labute approximate surface area is 111 Å². The van der Waals surface area contributed by atoms with Gasteiger partial charge < -0.3 is 10.4 Å². The lowest BCUT2D eigenvalue weighted by atomic mass is 10.2. The second-order valence-corrected chi connectivity index (χ2v) is 4.28. The van der Waals surface area contributed by atoms with Gasteiger partial charge in [0.25, 0.3) is 0 Å². The summed E-state index contributed by atoms with van der Waals surface area (Å²) >= 11 is 3.16. The smallest absolute Gasteiger partial charge is 0.149 e. The Kier molecular flexibility index (Phi) is 3.88. The summed E-state index contributed by atoms with van der Waals surface area (Å²) in [4.78, 5) is 4.03. The number of aliphatic hydroxyl groups excluding tert-OH is 1. The monoisotopic (exact) mass is 314 g/mol. The van der Waals surface area contributed by atoms with E-state index in [2.05, 4.69) is 26.2 Å². The molecule has 1 aromatic carbocycles. The number of rotatable bonds is 3. The van der Waals surface area contributed by atoms with Crippen LogP contribution >= 0.6 is 15.9 Å². The maximum absolute atomic E-state index is 13.4. The Morgan fingerprint density at radius 2 is 1.83 bits per heavy atom. The van der Waals surface area contributed by atoms with Gasteiger partial charge in [0.05, 0.1) is 6.61 Å². The van der Waals surface area contributed by atoms with Crippen molar-refractivity contribution in [1.82, 2.24) is 4.98 Å². The molecular weight excluding hydrogens is 306 g/mol. The van der Waals surface area contributed by atoms with E-state index >= 15 is 0 Å². The molecule has 0 unspecified atom stereocenters. The van der Waals surface area contributed by atoms with Gasteiger partial charge in [0.2, 0.25) is 0 Å². The zero-order chi connectivity index (χ0) is 13.1. The Bertz CT molecular complexity index is 558. The number of hydrogen-bond acceptors (Lipinski definition) is 3. The molecule has 3 nitrogen and oxygen atoms in total. The summed E-state index contributed by atoms with van der Waals surface area (Å²) in [6, 6.07) is 6.74. The molecule has 2 rings (SSSR count). The van der Waals surface area contributed by atoms with Crippen LogP contribution in [0, 0.1) is 11.6 Å². The minimum Gasteiger partial charge on any atom is -0.392 e. The summed E-state index contributed by atoms with van der Waals surface area (Å²) < 4.78 is 27.2. The van der Waals surface area contributed by atoms with Crippen LogP contribution < -0.4 is 5.32 Å². The van der Waals surface area contributed by atoms with Crippen molar-refractivity contribution in [3.8, 4) is 0 Å². The molecule has 94 valence electrons. The highest BCUT2D eigenvalue weighted by molar-refractivity contribution is 9.10. The largest absolute Gasteiger partial charge is 0.392 e. The van der Waals surface area contributed by atoms with Crippen molar-refractivity contribution in [1.29, 1.82) is 0 Å². The number of aliphatic hydroxyl groups is 1. The number of nitrogens with one attached hydrogen (secondary N) is 1. The fourth-order valence-corrected chi connectivity index (χ4v) is 1.84. The molecule has 1 aromatic heterocycles. The molecule has 0 amide bonds. The van der Waals surface area contributed by atoms with Gasteiger partial charge in [-0.15, -0.1) is 0 Å². The SMILES string of the molecule is OCc1ccc(Nc2c(F)cccc2F)nc1Br. The third-order valence-corrected chi connectivity index (χ3v) is 3.00. The predicted octanol–water partition coefficient (Wildman–Crippen LogP) is 3.36. The van der Waals surface area contributed by atoms with E-state index in [4.69, 9.17) is 5.11 Å². The Morgan fingerprint density at radius 3 is 2.39 bits per heavy atom. The number of nitrogens with zero attached hydrogens (tertiary/aromatic N) is 1. The van der Waals surface area contributed by atoms with E-state index in [1.807, 2.05) is 0 Å². The highest BCUT2D eigenvalue weighted by Gasteiger charge is 2.10. The number of halogens is 3. The van der Waals surface area contributed by atoms with Crippen LogP contribution in [0.15, 0.2) is 34.9 Å². The van der Waals surface area contributed by atoms with Crippen LogP contribution in [0.25, 0.3) is 0 Å². The van der Waals surface area contributed by atoms with Gasteiger partial charge in [0.15, 0.2) is 0 Å². The lowest BCUT2D eigenvalue weighted by Gasteiger charge is -2.09. The molecule has 6 heteroatoms. The van der Waals surface area contributed by atoms with Gasteiger partial charge in [0.1, 0.15) is 27.7 Å². The topological polar surface area (TPSA) is 45.1 Å². The molecule has 0 saturated carbocycles. The predicted molar refractivity (Wildman–Crippen MR) is 67.5 cm³/mol. The molecule has 0 spiro atoms. The average molecular weight is 315 g/mol. The fourth-order valence-electron chi connectivity index (χ4n) is 1.40. The van der Waals surface area contributed by atoms with Crippen molar-refractivity contribution in [2.24, 2.45) is 0 Å². The van der Waals surface area contributed by atoms with Crippen LogP contribution in [0.4, 0.5) is 20.3 Å². The highest BCUT2D eigenvalue weighted by Crippen LogP contribution is 2.24. The number of benzene rings is 1. The second kappa shape index (κ2) is 5.41. The average Bonchev–Trinajstić information content (AvgIpc) is 2.34. The Morgan fingerprint density at radius 1 is 1.17 bits per heavy atom. The highest BCUT2D eigenvalue weighted by atomic mass is 79.9. The van der Waals surface area contributed by atoms with E-state index in [0.29, 0.717) is 10.2 Å². The van der Waals surface area contributed by atoms with Crippen molar-refractivity contribution in [3.63, 3.8) is 0 Å². The summed E-state index contributed by atoms with van der Waals surface area (Å²) in [5, 5.41) is 11.5. The minimum absolute atomic E-state index is 0.165. The zero-order valence-electron chi connectivity index (χ0n) is 9.12. The number of para-hydroxylation sites is 1. The van der Waals surface area contributed by atoms with Crippen molar-refractivity contribution >= 4 is 27.4 Å². The number of anilines is 2. The normalized spacial score (nSPS) is 10.4. The minimum atomic E-state index is -0.695. The first kappa shape index (κ1) is 12.9. The van der Waals surface area contributed by atoms with E-state index in [0.717, 1.165) is 12.1 Å². The van der Waals surface area contributed by atoms with E-state index < -0.39 is 11.6 Å². The first-order valence-corrected chi connectivity index (χ1v) is 5.88. The number of hydrogen-bond donors (Lipinski definition) is 2. The number of aromatic nitrogens is 1. The summed E-state index contributed by atoms with van der Waals surface area (Å²) in [6.45, 7) is -0.165. The van der Waals surface area contributed by atoms with E-state index in [9.17, 15) is 8.78 Å². The lowest BCUT2D eigenvalue weighted by molar-refractivity contribution is 0.280. The molecule has 0 saturated heterocycles. The van der Waals surface area contributed by atoms with Crippen LogP contribution in [0.2, 0.25) is 0 Å². The third kappa shape index (κ3) is 2.65. The van der Waals surface area contributed by atoms with Gasteiger partial charge >= 0.3 is 0 Å². The van der Waals surface area contributed by atoms with Crippen LogP contribution in [0.1, 0.15) is 5.56 Å². The van der Waals surface area contributed by atoms with Gasteiger partial charge in [-0.2, -0.15) is 0 Å². The van der Waals surface area contributed by atoms with Gasteiger partial charge in [-0.1, -0.05) is 12.1 Å². The molecule has 1 heterocycles. The van der Waals surface area contributed by atoms with Gasteiger partial charge in [0, 0.05) is 5.56 Å². The Hall–Kier alpha value is -1.53. The molecule has 0 atom stereocenters. The Balaban J connectivity index is 2.32. The molecule has 0 aliphatic carbocycles. The fraction of sp³-hybridized carbons (Fsp3) is 0.0833. The maximum atomic E-state index is 13.4. The third-order valence-electron chi connectivity index (χ3n) is 2.31. The van der Waals surface area contributed by atoms with Crippen molar-refractivity contribution in [3.05, 3.63) is 52.1 Å². The lowest BCUT2D eigenvalue weighted by Crippen LogP contribution is -2.00. The molecular formula is C12H9BrF2N2O. The van der Waals surface area contributed by atoms with Crippen molar-refractivity contribution < 1.29 is 13.9 Å². The molecule has 2 aromatic rings. The zero-order valence-corrected chi connectivity index (χ0v) is 10.7. The standard InChI is InChI=1S/C12H9BrF2N2O/c13-12-7(6-18)4-5-10(17-12)16-11-8(14)2-1-3-9(11)15/h1-5,18H,6H2,(H,16,17). The molecule has 0 fully saturated rings. The van der Waals surface area contributed by atoms with Gasteiger partial charge in [-0.05, 0) is 34.1 Å². The molecule has 0 aliphatic heterocycles. The quantitative estimate of drug-likeness (QED) is 0.854. The number of pyridine rings is 1. The van der Waals surface area contributed by atoms with Crippen LogP contribution in [0.5, 0.6) is 0 Å². The molecule has 18 heavy (non-hydrogen) atoms. The summed E-state index contributed by atoms with van der Waals surface area (Å²) in [5.74, 6) is -1.11. The van der Waals surface area contributed by atoms with Crippen molar-refractivity contribution in [2.45, 2.75) is 6.61 Å². The summed E-state index contributed by atoms with van der Waals surface area (Å²) in [5.41, 5.74) is 0.336. The van der Waals surface area contributed by atoms with E-state index in [1.54, 1.807) is 6.07 Å². The first-order valence-electron chi connectivity index (χ1n) is 5.09. The molecule has 2 N–H and O–H groups in total. The van der Waals surface area contributed by atoms with Crippen LogP contribution in [-0.4, -0.2) is 10.1 Å². The van der Waals surface area contributed by atoms with Crippen LogP contribution in [0.3, 0.4) is 0 Å². The van der Waals surface area contributed by atoms with Crippen molar-refractivity contribution in [2.75, 3.05) is 5.32 Å². The molecule has 0 aliphatic rings.